The zero-order valence-corrected chi connectivity index (χ0v) is 13.1. The number of nitrogens with zero attached hydrogens (tertiary/aromatic N) is 3. The quantitative estimate of drug-likeness (QED) is 0.607. The van der Waals surface area contributed by atoms with Gasteiger partial charge in [-0.1, -0.05) is 19.9 Å². The molecule has 114 valence electrons. The molecular weight excluding hydrogens is 262 g/mol. The van der Waals surface area contributed by atoms with Crippen LogP contribution in [-0.4, -0.2) is 14.8 Å². The Kier molecular flexibility index (Phi) is 5.47. The van der Waals surface area contributed by atoms with E-state index >= 15 is 0 Å². The number of nitrogens with one attached hydrogen (secondary N) is 1. The van der Waals surface area contributed by atoms with E-state index < -0.39 is 0 Å². The van der Waals surface area contributed by atoms with Gasteiger partial charge in [-0.3, -0.25) is 20.9 Å². The Morgan fingerprint density at radius 2 is 2.05 bits per heavy atom. The number of aryl methyl sites for hydroxylation is 1. The molecule has 0 spiro atoms. The van der Waals surface area contributed by atoms with Gasteiger partial charge in [0.1, 0.15) is 0 Å². The van der Waals surface area contributed by atoms with E-state index in [1.54, 1.807) is 6.20 Å². The van der Waals surface area contributed by atoms with E-state index in [-0.39, 0.29) is 6.04 Å². The van der Waals surface area contributed by atoms with E-state index in [4.69, 9.17) is 10.9 Å². The first kappa shape index (κ1) is 15.7. The molecule has 0 aliphatic heterocycles. The molecule has 5 heteroatoms. The summed E-state index contributed by atoms with van der Waals surface area (Å²) in [6.45, 7) is 6.39. The van der Waals surface area contributed by atoms with E-state index in [2.05, 4.69) is 47.3 Å². The summed E-state index contributed by atoms with van der Waals surface area (Å²) in [4.78, 5) is 4.33. The van der Waals surface area contributed by atoms with Crippen molar-refractivity contribution in [3.05, 3.63) is 47.5 Å². The van der Waals surface area contributed by atoms with Crippen LogP contribution in [0.25, 0.3) is 0 Å². The molecule has 0 amide bonds. The van der Waals surface area contributed by atoms with Crippen LogP contribution in [0.2, 0.25) is 0 Å². The van der Waals surface area contributed by atoms with Gasteiger partial charge in [-0.05, 0) is 37.5 Å². The first-order chi connectivity index (χ1) is 10.2. The molecule has 0 fully saturated rings. The van der Waals surface area contributed by atoms with E-state index in [0.29, 0.717) is 6.04 Å². The molecule has 2 rings (SSSR count). The summed E-state index contributed by atoms with van der Waals surface area (Å²) in [5, 5.41) is 4.70. The predicted octanol–water partition coefficient (Wildman–Crippen LogP) is 2.69. The van der Waals surface area contributed by atoms with Crippen LogP contribution in [0, 0.1) is 6.92 Å². The predicted molar refractivity (Wildman–Crippen MR) is 84.6 cm³/mol. The highest BCUT2D eigenvalue weighted by molar-refractivity contribution is 5.24. The van der Waals surface area contributed by atoms with Gasteiger partial charge in [0.25, 0.3) is 0 Å². The summed E-state index contributed by atoms with van der Waals surface area (Å²) in [7, 11) is 0. The molecule has 1 unspecified atom stereocenters. The van der Waals surface area contributed by atoms with Crippen molar-refractivity contribution in [2.45, 2.75) is 52.1 Å². The minimum atomic E-state index is 0.0313. The lowest BCUT2D eigenvalue weighted by molar-refractivity contribution is 0.422. The van der Waals surface area contributed by atoms with Gasteiger partial charge in [0.2, 0.25) is 0 Å². The molecule has 0 aliphatic rings. The van der Waals surface area contributed by atoms with Crippen LogP contribution in [0.5, 0.6) is 0 Å². The van der Waals surface area contributed by atoms with Crippen molar-refractivity contribution in [3.63, 3.8) is 0 Å². The first-order valence-corrected chi connectivity index (χ1v) is 7.61. The summed E-state index contributed by atoms with van der Waals surface area (Å²) >= 11 is 0. The summed E-state index contributed by atoms with van der Waals surface area (Å²) in [6.07, 6.45) is 6.82. The van der Waals surface area contributed by atoms with Crippen LogP contribution in [0.15, 0.2) is 30.6 Å². The summed E-state index contributed by atoms with van der Waals surface area (Å²) < 4.78 is 2.07. The van der Waals surface area contributed by atoms with E-state index in [1.165, 1.54) is 0 Å². The Hall–Kier alpha value is -1.72. The Balaban J connectivity index is 2.14. The molecule has 2 aromatic rings. The third-order valence-corrected chi connectivity index (χ3v) is 4.02. The molecule has 5 nitrogen and oxygen atoms in total. The normalized spacial score (nSPS) is 12.8. The molecule has 0 aromatic carbocycles. The van der Waals surface area contributed by atoms with Gasteiger partial charge in [0.15, 0.2) is 0 Å². The standard InChI is InChI=1S/C16H25N5/c1-4-14(5-2)21-10-8-13(20-21)11-16(19-17)15-7-6-9-18-12(15)3/h6-10,14,16,19H,4-5,11,17H2,1-3H3. The maximum atomic E-state index is 5.73. The molecule has 1 atom stereocenters. The smallest absolute Gasteiger partial charge is 0.0644 e. The lowest BCUT2D eigenvalue weighted by atomic mass is 10.0. The molecule has 0 radical (unpaired) electrons. The Bertz CT molecular complexity index is 559. The van der Waals surface area contributed by atoms with Crippen LogP contribution in [0.1, 0.15) is 55.7 Å². The topological polar surface area (TPSA) is 68.8 Å². The summed E-state index contributed by atoms with van der Waals surface area (Å²) in [6, 6.07) is 6.58. The second-order valence-corrected chi connectivity index (χ2v) is 5.36. The number of rotatable bonds is 7. The highest BCUT2D eigenvalue weighted by atomic mass is 15.3. The SMILES string of the molecule is CCC(CC)n1ccc(CC(NN)c2cccnc2C)n1. The van der Waals surface area contributed by atoms with Crippen molar-refractivity contribution in [3.8, 4) is 0 Å². The summed E-state index contributed by atoms with van der Waals surface area (Å²) in [5.41, 5.74) is 6.06. The van der Waals surface area contributed by atoms with Gasteiger partial charge in [0, 0.05) is 24.5 Å². The zero-order chi connectivity index (χ0) is 15.2. The highest BCUT2D eigenvalue weighted by Gasteiger charge is 2.16. The Morgan fingerprint density at radius 3 is 2.67 bits per heavy atom. The van der Waals surface area contributed by atoms with Gasteiger partial charge in [-0.2, -0.15) is 5.10 Å². The average molecular weight is 287 g/mol. The monoisotopic (exact) mass is 287 g/mol. The molecule has 21 heavy (non-hydrogen) atoms. The van der Waals surface area contributed by atoms with Crippen LogP contribution >= 0.6 is 0 Å². The second-order valence-electron chi connectivity index (χ2n) is 5.36. The lowest BCUT2D eigenvalue weighted by Crippen LogP contribution is -2.30. The van der Waals surface area contributed by atoms with Gasteiger partial charge in [-0.15, -0.1) is 0 Å². The van der Waals surface area contributed by atoms with Crippen molar-refractivity contribution in [1.29, 1.82) is 0 Å². The van der Waals surface area contributed by atoms with Crippen LogP contribution < -0.4 is 11.3 Å². The number of aromatic nitrogens is 3. The number of pyridine rings is 1. The third kappa shape index (κ3) is 3.68. The molecule has 0 bridgehead atoms. The maximum absolute atomic E-state index is 5.73. The lowest BCUT2D eigenvalue weighted by Gasteiger charge is -2.17. The second kappa shape index (κ2) is 7.33. The Morgan fingerprint density at radius 1 is 1.29 bits per heavy atom. The summed E-state index contributed by atoms with van der Waals surface area (Å²) in [5.74, 6) is 5.73. The largest absolute Gasteiger partial charge is 0.271 e. The minimum absolute atomic E-state index is 0.0313. The third-order valence-electron chi connectivity index (χ3n) is 4.02. The molecule has 0 saturated heterocycles. The zero-order valence-electron chi connectivity index (χ0n) is 13.1. The fraction of sp³-hybridized carbons (Fsp3) is 0.500. The van der Waals surface area contributed by atoms with Crippen molar-refractivity contribution in [1.82, 2.24) is 20.2 Å². The van der Waals surface area contributed by atoms with Gasteiger partial charge < -0.3 is 0 Å². The van der Waals surface area contributed by atoms with Gasteiger partial charge >= 0.3 is 0 Å². The molecule has 2 heterocycles. The van der Waals surface area contributed by atoms with Crippen LogP contribution in [0.4, 0.5) is 0 Å². The fourth-order valence-electron chi connectivity index (χ4n) is 2.69. The number of hydrogen-bond donors (Lipinski definition) is 2. The molecular formula is C16H25N5. The molecule has 2 aromatic heterocycles. The number of nitrogens with two attached hydrogens (primary N) is 1. The average Bonchev–Trinajstić information content (AvgIpc) is 2.95. The van der Waals surface area contributed by atoms with Crippen LogP contribution in [-0.2, 0) is 6.42 Å². The Labute approximate surface area is 126 Å². The van der Waals surface area contributed by atoms with Crippen molar-refractivity contribution in [2.75, 3.05) is 0 Å². The van der Waals surface area contributed by atoms with Crippen LogP contribution in [0.3, 0.4) is 0 Å². The first-order valence-electron chi connectivity index (χ1n) is 7.61. The van der Waals surface area contributed by atoms with E-state index in [0.717, 1.165) is 36.2 Å². The minimum Gasteiger partial charge on any atom is -0.271 e. The molecule has 0 saturated carbocycles. The fourth-order valence-corrected chi connectivity index (χ4v) is 2.69. The highest BCUT2D eigenvalue weighted by Crippen LogP contribution is 2.20. The van der Waals surface area contributed by atoms with E-state index in [1.807, 2.05) is 13.0 Å². The van der Waals surface area contributed by atoms with Crippen molar-refractivity contribution in [2.24, 2.45) is 5.84 Å². The number of hydrogen-bond acceptors (Lipinski definition) is 4. The van der Waals surface area contributed by atoms with Gasteiger partial charge in [0.05, 0.1) is 17.8 Å². The van der Waals surface area contributed by atoms with Crippen molar-refractivity contribution < 1.29 is 0 Å². The molecule has 3 N–H and O–H groups in total. The van der Waals surface area contributed by atoms with E-state index in [9.17, 15) is 0 Å². The maximum Gasteiger partial charge on any atom is 0.0644 e. The van der Waals surface area contributed by atoms with Gasteiger partial charge in [-0.25, -0.2) is 0 Å². The number of hydrazine groups is 1. The van der Waals surface area contributed by atoms with Crippen molar-refractivity contribution >= 4 is 0 Å². The molecule has 0 aliphatic carbocycles.